The number of hydrogen-bond donors (Lipinski definition) is 2. The van der Waals surface area contributed by atoms with Crippen molar-refractivity contribution in [3.8, 4) is 0 Å². The summed E-state index contributed by atoms with van der Waals surface area (Å²) in [6.07, 6.45) is 1.15. The number of para-hydroxylation sites is 3. The minimum atomic E-state index is -4.13. The van der Waals surface area contributed by atoms with E-state index in [0.717, 1.165) is 26.1 Å². The number of aryl methyl sites for hydroxylation is 1. The number of carbonyl (C=O) groups excluding carboxylic acids is 1. The van der Waals surface area contributed by atoms with E-state index in [1.807, 2.05) is 29.8 Å². The zero-order valence-corrected chi connectivity index (χ0v) is 15.1. The molecule has 4 aromatic rings. The molecule has 2 amide bonds. The number of carbonyl (C=O) groups is 1. The third-order valence-electron chi connectivity index (χ3n) is 3.74. The average Bonchev–Trinajstić information content (AvgIpc) is 3.18. The molecule has 0 radical (unpaired) electrons. The van der Waals surface area contributed by atoms with Crippen LogP contribution in [-0.2, 0) is 10.2 Å². The van der Waals surface area contributed by atoms with Gasteiger partial charge in [0.15, 0.2) is 5.13 Å². The Labute approximate surface area is 152 Å². The number of hydrogen-bond acceptors (Lipinski definition) is 6. The maximum Gasteiger partial charge on any atom is 0.336 e. The van der Waals surface area contributed by atoms with Gasteiger partial charge >= 0.3 is 16.2 Å². The van der Waals surface area contributed by atoms with Crippen molar-refractivity contribution in [1.29, 1.82) is 0 Å². The summed E-state index contributed by atoms with van der Waals surface area (Å²) in [4.78, 5) is 20.5. The van der Waals surface area contributed by atoms with Crippen LogP contribution in [0.1, 0.15) is 5.56 Å². The lowest BCUT2D eigenvalue weighted by Gasteiger charge is -2.08. The van der Waals surface area contributed by atoms with Gasteiger partial charge in [0.1, 0.15) is 6.33 Å². The number of nitrogens with one attached hydrogen (secondary N) is 2. The summed E-state index contributed by atoms with van der Waals surface area (Å²) in [6, 6.07) is 11.5. The van der Waals surface area contributed by atoms with Gasteiger partial charge < -0.3 is 0 Å². The highest BCUT2D eigenvalue weighted by molar-refractivity contribution is 7.88. The molecular weight excluding hydrogens is 374 g/mol. The number of rotatable bonds is 3. The number of imidazole rings is 1. The number of benzene rings is 2. The van der Waals surface area contributed by atoms with E-state index in [4.69, 9.17) is 0 Å². The van der Waals surface area contributed by atoms with E-state index in [1.54, 1.807) is 24.3 Å². The number of amides is 2. The molecule has 0 aliphatic carbocycles. The molecular formula is C16H13N5O3S2. The highest BCUT2D eigenvalue weighted by Crippen LogP contribution is 2.27. The summed E-state index contributed by atoms with van der Waals surface area (Å²) in [7, 11) is -4.13. The van der Waals surface area contributed by atoms with E-state index in [-0.39, 0.29) is 0 Å². The van der Waals surface area contributed by atoms with Crippen LogP contribution >= 0.6 is 11.3 Å². The number of thiazole rings is 1. The van der Waals surface area contributed by atoms with Crippen molar-refractivity contribution >= 4 is 54.0 Å². The molecule has 4 rings (SSSR count). The van der Waals surface area contributed by atoms with Gasteiger partial charge in [0.2, 0.25) is 0 Å². The third-order valence-corrected chi connectivity index (χ3v) is 5.93. The maximum atomic E-state index is 12.5. The molecule has 10 heteroatoms. The zero-order chi connectivity index (χ0) is 18.3. The van der Waals surface area contributed by atoms with Crippen LogP contribution in [0.2, 0.25) is 0 Å². The number of urea groups is 1. The van der Waals surface area contributed by atoms with Crippen LogP contribution in [0.15, 0.2) is 48.8 Å². The molecule has 2 aromatic heterocycles. The molecule has 132 valence electrons. The predicted molar refractivity (Wildman–Crippen MR) is 101 cm³/mol. The Morgan fingerprint density at radius 1 is 1.15 bits per heavy atom. The van der Waals surface area contributed by atoms with Crippen molar-refractivity contribution in [2.75, 3.05) is 5.32 Å². The lowest BCUT2D eigenvalue weighted by molar-refractivity contribution is 0.256. The molecule has 8 nitrogen and oxygen atoms in total. The van der Waals surface area contributed by atoms with Gasteiger partial charge in [-0.3, -0.25) is 5.32 Å². The highest BCUT2D eigenvalue weighted by atomic mass is 32.2. The monoisotopic (exact) mass is 387 g/mol. The van der Waals surface area contributed by atoms with Crippen LogP contribution in [0.5, 0.6) is 0 Å². The van der Waals surface area contributed by atoms with Gasteiger partial charge in [-0.25, -0.2) is 23.5 Å². The molecule has 0 fully saturated rings. The van der Waals surface area contributed by atoms with Crippen molar-refractivity contribution in [1.82, 2.24) is 18.7 Å². The van der Waals surface area contributed by atoms with Gasteiger partial charge in [0, 0.05) is 0 Å². The summed E-state index contributed by atoms with van der Waals surface area (Å²) >= 11 is 1.27. The fraction of sp³-hybridized carbons (Fsp3) is 0.0625. The van der Waals surface area contributed by atoms with Gasteiger partial charge in [-0.2, -0.15) is 8.42 Å². The Hall–Kier alpha value is -2.98. The number of nitrogens with zero attached hydrogens (tertiary/aromatic N) is 3. The second-order valence-corrected chi connectivity index (χ2v) is 8.11. The van der Waals surface area contributed by atoms with Crippen LogP contribution in [0.3, 0.4) is 0 Å². The van der Waals surface area contributed by atoms with Crippen molar-refractivity contribution in [3.05, 3.63) is 54.4 Å². The van der Waals surface area contributed by atoms with E-state index in [1.165, 1.54) is 11.3 Å². The SMILES string of the molecule is Cc1cccc2sc(NC(=O)NS(=O)(=O)n3cnc4ccccc43)nc12. The van der Waals surface area contributed by atoms with Crippen molar-refractivity contribution in [2.45, 2.75) is 6.92 Å². The Balaban J connectivity index is 1.57. The standard InChI is InChI=1S/C16H13N5O3S2/c1-10-5-4-8-13-14(10)18-16(25-13)19-15(22)20-26(23,24)21-9-17-11-6-2-3-7-12(11)21/h2-9H,1H3,(H2,18,19,20,22). The first-order chi connectivity index (χ1) is 12.4. The van der Waals surface area contributed by atoms with Crippen LogP contribution < -0.4 is 10.0 Å². The number of fused-ring (bicyclic) bond motifs is 2. The van der Waals surface area contributed by atoms with Crippen LogP contribution in [0.25, 0.3) is 21.3 Å². The highest BCUT2D eigenvalue weighted by Gasteiger charge is 2.20. The van der Waals surface area contributed by atoms with Crippen molar-refractivity contribution in [2.24, 2.45) is 0 Å². The molecule has 2 heterocycles. The minimum absolute atomic E-state index is 0.317. The van der Waals surface area contributed by atoms with E-state index >= 15 is 0 Å². The second-order valence-electron chi connectivity index (χ2n) is 5.53. The van der Waals surface area contributed by atoms with Gasteiger partial charge in [0.25, 0.3) is 0 Å². The molecule has 26 heavy (non-hydrogen) atoms. The van der Waals surface area contributed by atoms with Gasteiger partial charge in [0.05, 0.1) is 21.3 Å². The molecule has 0 saturated heterocycles. The van der Waals surface area contributed by atoms with E-state index in [0.29, 0.717) is 16.2 Å². The van der Waals surface area contributed by atoms with E-state index in [2.05, 4.69) is 15.3 Å². The topological polar surface area (TPSA) is 106 Å². The van der Waals surface area contributed by atoms with E-state index in [9.17, 15) is 13.2 Å². The number of anilines is 1. The molecule has 0 aliphatic rings. The first kappa shape index (κ1) is 16.5. The third kappa shape index (κ3) is 2.89. The molecule has 2 aromatic carbocycles. The first-order valence-electron chi connectivity index (χ1n) is 7.56. The lowest BCUT2D eigenvalue weighted by atomic mass is 10.2. The molecule has 2 N–H and O–H groups in total. The molecule has 0 atom stereocenters. The Morgan fingerprint density at radius 2 is 1.96 bits per heavy atom. The van der Waals surface area contributed by atoms with Crippen LogP contribution in [0, 0.1) is 6.92 Å². The maximum absolute atomic E-state index is 12.5. The molecule has 0 bridgehead atoms. The quantitative estimate of drug-likeness (QED) is 0.562. The van der Waals surface area contributed by atoms with Gasteiger partial charge in [-0.1, -0.05) is 35.6 Å². The second kappa shape index (κ2) is 6.07. The number of aromatic nitrogens is 3. The summed E-state index contributed by atoms with van der Waals surface area (Å²) in [5.74, 6) is 0. The fourth-order valence-corrected chi connectivity index (χ4v) is 4.46. The summed E-state index contributed by atoms with van der Waals surface area (Å²) in [5, 5.41) is 2.79. The molecule has 0 unspecified atom stereocenters. The predicted octanol–water partition coefficient (Wildman–Crippen LogP) is 2.87. The van der Waals surface area contributed by atoms with Gasteiger partial charge in [-0.05, 0) is 30.7 Å². The zero-order valence-electron chi connectivity index (χ0n) is 13.5. The molecule has 0 spiro atoms. The van der Waals surface area contributed by atoms with Crippen molar-refractivity contribution < 1.29 is 13.2 Å². The van der Waals surface area contributed by atoms with Crippen LogP contribution in [-0.4, -0.2) is 28.4 Å². The summed E-state index contributed by atoms with van der Waals surface area (Å²) in [6.45, 7) is 1.92. The van der Waals surface area contributed by atoms with Crippen LogP contribution in [0.4, 0.5) is 9.93 Å². The first-order valence-corrected chi connectivity index (χ1v) is 9.82. The van der Waals surface area contributed by atoms with Gasteiger partial charge in [-0.15, -0.1) is 0 Å². The Kier molecular flexibility index (Phi) is 3.85. The largest absolute Gasteiger partial charge is 0.336 e. The molecule has 0 saturated carbocycles. The van der Waals surface area contributed by atoms with E-state index < -0.39 is 16.2 Å². The Bertz CT molecular complexity index is 1240. The van der Waals surface area contributed by atoms with Crippen molar-refractivity contribution in [3.63, 3.8) is 0 Å². The normalized spacial score (nSPS) is 11.7. The fourth-order valence-electron chi connectivity index (χ4n) is 2.56. The minimum Gasteiger partial charge on any atom is -0.283 e. The smallest absolute Gasteiger partial charge is 0.283 e. The summed E-state index contributed by atoms with van der Waals surface area (Å²) < 4.78 is 28.7. The average molecular weight is 387 g/mol. The summed E-state index contributed by atoms with van der Waals surface area (Å²) in [5.41, 5.74) is 2.64. The Morgan fingerprint density at radius 3 is 2.77 bits per heavy atom. The molecule has 0 aliphatic heterocycles. The lowest BCUT2D eigenvalue weighted by Crippen LogP contribution is -2.37.